The molecule has 0 spiro atoms. The van der Waals surface area contributed by atoms with E-state index in [9.17, 15) is 18.0 Å². The maximum absolute atomic E-state index is 12.2. The molecule has 1 heterocycles. The van der Waals surface area contributed by atoms with Crippen LogP contribution in [-0.4, -0.2) is 37.1 Å². The van der Waals surface area contributed by atoms with Crippen LogP contribution >= 0.6 is 0 Å². The zero-order chi connectivity index (χ0) is 14.9. The van der Waals surface area contributed by atoms with Crippen molar-refractivity contribution in [2.24, 2.45) is 0 Å². The molecule has 1 aliphatic heterocycles. The third kappa shape index (κ3) is 2.40. The van der Waals surface area contributed by atoms with E-state index in [0.29, 0.717) is 4.31 Å². The van der Waals surface area contributed by atoms with Gasteiger partial charge < -0.3 is 5.32 Å². The first-order valence-corrected chi connectivity index (χ1v) is 7.77. The van der Waals surface area contributed by atoms with Gasteiger partial charge in [0.15, 0.2) is 0 Å². The van der Waals surface area contributed by atoms with Crippen molar-refractivity contribution in [3.05, 3.63) is 29.8 Å². The van der Waals surface area contributed by atoms with E-state index in [1.807, 2.05) is 13.8 Å². The van der Waals surface area contributed by atoms with Crippen LogP contribution in [0.4, 0.5) is 0 Å². The smallest absolute Gasteiger partial charge is 0.269 e. The Labute approximate surface area is 117 Å². The topological polar surface area (TPSA) is 83.6 Å². The van der Waals surface area contributed by atoms with E-state index in [1.54, 1.807) is 12.1 Å². The summed E-state index contributed by atoms with van der Waals surface area (Å²) in [6, 6.07) is 5.89. The van der Waals surface area contributed by atoms with E-state index in [-0.39, 0.29) is 16.5 Å². The minimum atomic E-state index is -3.91. The van der Waals surface area contributed by atoms with Crippen molar-refractivity contribution >= 4 is 21.8 Å². The summed E-state index contributed by atoms with van der Waals surface area (Å²) in [5.74, 6) is -1.14. The summed E-state index contributed by atoms with van der Waals surface area (Å²) in [4.78, 5) is 23.8. The van der Waals surface area contributed by atoms with Crippen LogP contribution in [0.2, 0.25) is 0 Å². The fraction of sp³-hybridized carbons (Fsp3) is 0.385. The fourth-order valence-corrected chi connectivity index (χ4v) is 3.47. The van der Waals surface area contributed by atoms with Crippen LogP contribution in [0.5, 0.6) is 0 Å². The maximum Gasteiger partial charge on any atom is 0.269 e. The molecule has 2 rings (SSSR count). The number of fused-ring (bicyclic) bond motifs is 1. The molecule has 1 atom stereocenters. The Bertz CT molecular complexity index is 654. The Morgan fingerprint density at radius 2 is 2.00 bits per heavy atom. The number of amides is 2. The van der Waals surface area contributed by atoms with E-state index >= 15 is 0 Å². The zero-order valence-electron chi connectivity index (χ0n) is 11.3. The largest absolute Gasteiger partial charge is 0.352 e. The average molecular weight is 296 g/mol. The van der Waals surface area contributed by atoms with E-state index in [0.717, 1.165) is 6.42 Å². The second kappa shape index (κ2) is 5.24. The highest BCUT2D eigenvalue weighted by molar-refractivity contribution is 7.90. The molecule has 1 aromatic rings. The summed E-state index contributed by atoms with van der Waals surface area (Å²) in [5.41, 5.74) is 0.115. The lowest BCUT2D eigenvalue weighted by Crippen LogP contribution is -2.43. The van der Waals surface area contributed by atoms with Crippen molar-refractivity contribution in [1.29, 1.82) is 0 Å². The normalized spacial score (nSPS) is 17.7. The van der Waals surface area contributed by atoms with Crippen LogP contribution in [0.25, 0.3) is 0 Å². The first kappa shape index (κ1) is 14.5. The lowest BCUT2D eigenvalue weighted by molar-refractivity contribution is -0.121. The van der Waals surface area contributed by atoms with Gasteiger partial charge in [-0.2, -0.15) is 0 Å². The quantitative estimate of drug-likeness (QED) is 0.888. The molecule has 1 aliphatic rings. The van der Waals surface area contributed by atoms with Crippen molar-refractivity contribution in [2.45, 2.75) is 31.2 Å². The molecule has 2 amide bonds. The molecular weight excluding hydrogens is 280 g/mol. The first-order valence-electron chi connectivity index (χ1n) is 6.33. The van der Waals surface area contributed by atoms with Crippen LogP contribution in [0.15, 0.2) is 29.2 Å². The number of hydrogen-bond acceptors (Lipinski definition) is 4. The third-order valence-electron chi connectivity index (χ3n) is 3.22. The molecule has 0 bridgehead atoms. The van der Waals surface area contributed by atoms with Gasteiger partial charge in [0.2, 0.25) is 5.91 Å². The number of carbonyl (C=O) groups is 2. The summed E-state index contributed by atoms with van der Waals surface area (Å²) in [5, 5.41) is 2.64. The monoisotopic (exact) mass is 296 g/mol. The zero-order valence-corrected chi connectivity index (χ0v) is 12.1. The Morgan fingerprint density at radius 3 is 2.60 bits per heavy atom. The van der Waals surface area contributed by atoms with Gasteiger partial charge in [-0.25, -0.2) is 12.7 Å². The molecule has 0 aliphatic carbocycles. The van der Waals surface area contributed by atoms with Crippen molar-refractivity contribution in [3.8, 4) is 0 Å². The SMILES string of the molecule is CC[C@@H](C)NC(=O)CN1C(=O)c2ccccc2S1(=O)=O. The van der Waals surface area contributed by atoms with Crippen LogP contribution < -0.4 is 5.32 Å². The Balaban J connectivity index is 2.24. The number of sulfonamides is 1. The lowest BCUT2D eigenvalue weighted by atomic mass is 10.2. The van der Waals surface area contributed by atoms with Gasteiger partial charge in [0.05, 0.1) is 5.56 Å². The molecule has 6 nitrogen and oxygen atoms in total. The highest BCUT2D eigenvalue weighted by Gasteiger charge is 2.41. The molecule has 7 heteroatoms. The van der Waals surface area contributed by atoms with Crippen LogP contribution in [-0.2, 0) is 14.8 Å². The summed E-state index contributed by atoms with van der Waals surface area (Å²) < 4.78 is 25.0. The Hall–Kier alpha value is -1.89. The number of nitrogens with zero attached hydrogens (tertiary/aromatic N) is 1. The van der Waals surface area contributed by atoms with Gasteiger partial charge in [-0.1, -0.05) is 19.1 Å². The molecule has 0 aromatic heterocycles. The van der Waals surface area contributed by atoms with Crippen LogP contribution in [0.1, 0.15) is 30.6 Å². The number of hydrogen-bond donors (Lipinski definition) is 1. The van der Waals surface area contributed by atoms with Gasteiger partial charge in [0.25, 0.3) is 15.9 Å². The van der Waals surface area contributed by atoms with Crippen molar-refractivity contribution in [2.75, 3.05) is 6.54 Å². The molecule has 108 valence electrons. The fourth-order valence-electron chi connectivity index (χ4n) is 1.94. The molecule has 0 unspecified atom stereocenters. The standard InChI is InChI=1S/C13H16N2O4S/c1-3-9(2)14-12(16)8-15-13(17)10-6-4-5-7-11(10)20(15,18)19/h4-7,9H,3,8H2,1-2H3,(H,14,16)/t9-/m1/s1. The summed E-state index contributed by atoms with van der Waals surface area (Å²) >= 11 is 0. The second-order valence-electron chi connectivity index (χ2n) is 4.69. The molecule has 1 N–H and O–H groups in total. The highest BCUT2D eigenvalue weighted by atomic mass is 32.2. The molecule has 1 aromatic carbocycles. The molecule has 20 heavy (non-hydrogen) atoms. The van der Waals surface area contributed by atoms with Crippen molar-refractivity contribution < 1.29 is 18.0 Å². The van der Waals surface area contributed by atoms with Crippen molar-refractivity contribution in [3.63, 3.8) is 0 Å². The predicted molar refractivity (Wildman–Crippen MR) is 72.6 cm³/mol. The van der Waals surface area contributed by atoms with Gasteiger partial charge in [0.1, 0.15) is 11.4 Å². The predicted octanol–water partition coefficient (Wildman–Crippen LogP) is 0.746. The number of nitrogens with one attached hydrogen (secondary N) is 1. The second-order valence-corrected chi connectivity index (χ2v) is 6.52. The Kier molecular flexibility index (Phi) is 3.80. The van der Waals surface area contributed by atoms with E-state index in [1.165, 1.54) is 12.1 Å². The molecular formula is C13H16N2O4S. The average Bonchev–Trinajstić information content (AvgIpc) is 2.60. The van der Waals surface area contributed by atoms with E-state index in [2.05, 4.69) is 5.32 Å². The van der Waals surface area contributed by atoms with Gasteiger partial charge >= 0.3 is 0 Å². The maximum atomic E-state index is 12.2. The van der Waals surface area contributed by atoms with Crippen LogP contribution in [0.3, 0.4) is 0 Å². The minimum Gasteiger partial charge on any atom is -0.352 e. The van der Waals surface area contributed by atoms with Gasteiger partial charge in [-0.3, -0.25) is 9.59 Å². The van der Waals surface area contributed by atoms with E-state index in [4.69, 9.17) is 0 Å². The summed E-state index contributed by atoms with van der Waals surface area (Å²) in [7, 11) is -3.91. The first-order chi connectivity index (χ1) is 9.37. The number of rotatable bonds is 4. The molecule has 0 fully saturated rings. The lowest BCUT2D eigenvalue weighted by Gasteiger charge is -2.17. The summed E-state index contributed by atoms with van der Waals surface area (Å²) in [6.45, 7) is 3.23. The van der Waals surface area contributed by atoms with Gasteiger partial charge in [-0.05, 0) is 25.5 Å². The van der Waals surface area contributed by atoms with Crippen LogP contribution in [0, 0.1) is 0 Å². The van der Waals surface area contributed by atoms with Crippen molar-refractivity contribution in [1.82, 2.24) is 9.62 Å². The number of benzene rings is 1. The number of carbonyl (C=O) groups excluding carboxylic acids is 2. The third-order valence-corrected chi connectivity index (χ3v) is 5.01. The van der Waals surface area contributed by atoms with Gasteiger partial charge in [-0.15, -0.1) is 0 Å². The molecule has 0 saturated carbocycles. The molecule has 0 saturated heterocycles. The Morgan fingerprint density at radius 1 is 1.35 bits per heavy atom. The van der Waals surface area contributed by atoms with Gasteiger partial charge in [0, 0.05) is 6.04 Å². The minimum absolute atomic E-state index is 0.0404. The summed E-state index contributed by atoms with van der Waals surface area (Å²) in [6.07, 6.45) is 0.729. The highest BCUT2D eigenvalue weighted by Crippen LogP contribution is 2.29. The van der Waals surface area contributed by atoms with E-state index < -0.39 is 28.4 Å². The molecule has 0 radical (unpaired) electrons.